The molecule has 2 aromatic carbocycles. The standard InChI is InChI=1S/C13H8BrClFNO/c14-8-2-1-3-10(6-8)17-13(18)11-7-9(15)4-5-12(11)16/h1-7H,(H,17,18). The van der Waals surface area contributed by atoms with Crippen LogP contribution in [0, 0.1) is 5.82 Å². The van der Waals surface area contributed by atoms with Gasteiger partial charge in [0.15, 0.2) is 0 Å². The SMILES string of the molecule is O=C(Nc1cccc(Br)c1)c1cc(Cl)ccc1F. The lowest BCUT2D eigenvalue weighted by molar-refractivity contribution is 0.102. The zero-order chi connectivity index (χ0) is 13.1. The molecule has 1 amide bonds. The molecule has 0 aliphatic carbocycles. The Morgan fingerprint density at radius 2 is 2.00 bits per heavy atom. The van der Waals surface area contributed by atoms with Gasteiger partial charge in [-0.15, -0.1) is 0 Å². The molecule has 0 bridgehead atoms. The molecule has 0 spiro atoms. The van der Waals surface area contributed by atoms with Crippen LogP contribution in [-0.2, 0) is 0 Å². The average Bonchev–Trinajstić information content (AvgIpc) is 2.32. The zero-order valence-corrected chi connectivity index (χ0v) is 11.4. The van der Waals surface area contributed by atoms with E-state index in [9.17, 15) is 9.18 Å². The van der Waals surface area contributed by atoms with Crippen LogP contribution >= 0.6 is 27.5 Å². The lowest BCUT2D eigenvalue weighted by Crippen LogP contribution is -2.13. The minimum absolute atomic E-state index is 0.0810. The maximum absolute atomic E-state index is 13.5. The fourth-order valence-electron chi connectivity index (χ4n) is 1.44. The molecule has 0 radical (unpaired) electrons. The van der Waals surface area contributed by atoms with Crippen LogP contribution in [0.1, 0.15) is 10.4 Å². The highest BCUT2D eigenvalue weighted by molar-refractivity contribution is 9.10. The Morgan fingerprint density at radius 1 is 1.22 bits per heavy atom. The highest BCUT2D eigenvalue weighted by Gasteiger charge is 2.12. The fourth-order valence-corrected chi connectivity index (χ4v) is 2.01. The molecular formula is C13H8BrClFNO. The molecule has 1 N–H and O–H groups in total. The van der Waals surface area contributed by atoms with E-state index < -0.39 is 11.7 Å². The van der Waals surface area contributed by atoms with Crippen LogP contribution in [0.25, 0.3) is 0 Å². The Labute approximate surface area is 117 Å². The summed E-state index contributed by atoms with van der Waals surface area (Å²) in [7, 11) is 0. The van der Waals surface area contributed by atoms with Gasteiger partial charge in [-0.1, -0.05) is 33.6 Å². The lowest BCUT2D eigenvalue weighted by Gasteiger charge is -2.06. The van der Waals surface area contributed by atoms with Gasteiger partial charge in [-0.3, -0.25) is 4.79 Å². The topological polar surface area (TPSA) is 29.1 Å². The molecule has 0 heterocycles. The first-order valence-corrected chi connectivity index (χ1v) is 6.25. The second kappa shape index (κ2) is 5.50. The third-order valence-electron chi connectivity index (χ3n) is 2.26. The summed E-state index contributed by atoms with van der Waals surface area (Å²) in [5.41, 5.74) is 0.497. The lowest BCUT2D eigenvalue weighted by atomic mass is 10.2. The number of rotatable bonds is 2. The monoisotopic (exact) mass is 327 g/mol. The van der Waals surface area contributed by atoms with Gasteiger partial charge < -0.3 is 5.32 Å². The molecule has 2 rings (SSSR count). The van der Waals surface area contributed by atoms with Crippen molar-refractivity contribution in [1.29, 1.82) is 0 Å². The smallest absolute Gasteiger partial charge is 0.258 e. The number of anilines is 1. The van der Waals surface area contributed by atoms with E-state index in [0.29, 0.717) is 10.7 Å². The van der Waals surface area contributed by atoms with E-state index in [1.165, 1.54) is 12.1 Å². The first kappa shape index (κ1) is 13.1. The van der Waals surface area contributed by atoms with E-state index >= 15 is 0 Å². The molecule has 0 atom stereocenters. The van der Waals surface area contributed by atoms with Crippen molar-refractivity contribution in [1.82, 2.24) is 0 Å². The van der Waals surface area contributed by atoms with E-state index in [1.54, 1.807) is 18.2 Å². The summed E-state index contributed by atoms with van der Waals surface area (Å²) in [4.78, 5) is 11.9. The van der Waals surface area contributed by atoms with Crippen LogP contribution in [0.3, 0.4) is 0 Å². The molecule has 0 aromatic heterocycles. The Kier molecular flexibility index (Phi) is 3.99. The van der Waals surface area contributed by atoms with Crippen molar-refractivity contribution in [2.45, 2.75) is 0 Å². The Balaban J connectivity index is 2.24. The van der Waals surface area contributed by atoms with Gasteiger partial charge in [-0.25, -0.2) is 4.39 Å². The molecule has 2 aromatic rings. The van der Waals surface area contributed by atoms with Crippen molar-refractivity contribution >= 4 is 39.1 Å². The number of amides is 1. The molecule has 92 valence electrons. The van der Waals surface area contributed by atoms with E-state index in [1.807, 2.05) is 6.07 Å². The molecule has 0 saturated carbocycles. The van der Waals surface area contributed by atoms with Gasteiger partial charge in [-0.05, 0) is 36.4 Å². The number of carbonyl (C=O) groups is 1. The molecule has 2 nitrogen and oxygen atoms in total. The summed E-state index contributed by atoms with van der Waals surface area (Å²) in [6.07, 6.45) is 0. The minimum Gasteiger partial charge on any atom is -0.322 e. The average molecular weight is 329 g/mol. The summed E-state index contributed by atoms with van der Waals surface area (Å²) in [6.45, 7) is 0. The van der Waals surface area contributed by atoms with Gasteiger partial charge in [0.25, 0.3) is 5.91 Å². The van der Waals surface area contributed by atoms with Gasteiger partial charge in [-0.2, -0.15) is 0 Å². The maximum Gasteiger partial charge on any atom is 0.258 e. The van der Waals surface area contributed by atoms with Crippen LogP contribution in [0.2, 0.25) is 5.02 Å². The van der Waals surface area contributed by atoms with Gasteiger partial charge in [0.2, 0.25) is 0 Å². The normalized spacial score (nSPS) is 10.2. The van der Waals surface area contributed by atoms with Crippen molar-refractivity contribution in [3.8, 4) is 0 Å². The number of hydrogen-bond donors (Lipinski definition) is 1. The summed E-state index contributed by atoms with van der Waals surface area (Å²) in [6, 6.07) is 10.9. The zero-order valence-electron chi connectivity index (χ0n) is 9.08. The highest BCUT2D eigenvalue weighted by Crippen LogP contribution is 2.19. The first-order valence-electron chi connectivity index (χ1n) is 5.08. The second-order valence-corrected chi connectivity index (χ2v) is 4.94. The quantitative estimate of drug-likeness (QED) is 0.864. The van der Waals surface area contributed by atoms with Crippen molar-refractivity contribution in [2.24, 2.45) is 0 Å². The van der Waals surface area contributed by atoms with Crippen LogP contribution in [0.4, 0.5) is 10.1 Å². The molecule has 0 aliphatic heterocycles. The Morgan fingerprint density at radius 3 is 2.72 bits per heavy atom. The molecule has 0 saturated heterocycles. The van der Waals surface area contributed by atoms with Gasteiger partial charge >= 0.3 is 0 Å². The van der Waals surface area contributed by atoms with Crippen LogP contribution in [0.5, 0.6) is 0 Å². The number of hydrogen-bond acceptors (Lipinski definition) is 1. The van der Waals surface area contributed by atoms with Crippen LogP contribution in [-0.4, -0.2) is 5.91 Å². The largest absolute Gasteiger partial charge is 0.322 e. The molecule has 5 heteroatoms. The number of nitrogens with one attached hydrogen (secondary N) is 1. The van der Waals surface area contributed by atoms with Crippen molar-refractivity contribution in [2.75, 3.05) is 5.32 Å². The highest BCUT2D eigenvalue weighted by atomic mass is 79.9. The Hall–Kier alpha value is -1.39. The van der Waals surface area contributed by atoms with Crippen molar-refractivity contribution in [3.05, 3.63) is 63.3 Å². The molecule has 0 fully saturated rings. The van der Waals surface area contributed by atoms with Crippen molar-refractivity contribution < 1.29 is 9.18 Å². The molecule has 0 aliphatic rings. The number of benzene rings is 2. The fraction of sp³-hybridized carbons (Fsp3) is 0. The summed E-state index contributed by atoms with van der Waals surface area (Å²) in [5, 5.41) is 2.92. The first-order chi connectivity index (χ1) is 8.56. The molecule has 0 unspecified atom stereocenters. The van der Waals surface area contributed by atoms with Gasteiger partial charge in [0.1, 0.15) is 5.82 Å². The molecular weight excluding hydrogens is 321 g/mol. The van der Waals surface area contributed by atoms with Gasteiger partial charge in [0, 0.05) is 15.2 Å². The van der Waals surface area contributed by atoms with E-state index in [4.69, 9.17) is 11.6 Å². The van der Waals surface area contributed by atoms with E-state index in [-0.39, 0.29) is 5.56 Å². The maximum atomic E-state index is 13.5. The predicted octanol–water partition coefficient (Wildman–Crippen LogP) is 4.49. The number of carbonyl (C=O) groups excluding carboxylic acids is 1. The molecule has 18 heavy (non-hydrogen) atoms. The van der Waals surface area contributed by atoms with E-state index in [2.05, 4.69) is 21.2 Å². The minimum atomic E-state index is -0.605. The summed E-state index contributed by atoms with van der Waals surface area (Å²) < 4.78 is 14.3. The predicted molar refractivity (Wildman–Crippen MR) is 73.5 cm³/mol. The summed E-state index contributed by atoms with van der Waals surface area (Å²) in [5.74, 6) is -1.14. The van der Waals surface area contributed by atoms with E-state index in [0.717, 1.165) is 10.5 Å². The third kappa shape index (κ3) is 3.09. The van der Waals surface area contributed by atoms with Gasteiger partial charge in [0.05, 0.1) is 5.56 Å². The Bertz CT molecular complexity index is 603. The number of halogens is 3. The second-order valence-electron chi connectivity index (χ2n) is 3.59. The van der Waals surface area contributed by atoms with Crippen LogP contribution in [0.15, 0.2) is 46.9 Å². The van der Waals surface area contributed by atoms with Crippen molar-refractivity contribution in [3.63, 3.8) is 0 Å². The summed E-state index contributed by atoms with van der Waals surface area (Å²) >= 11 is 9.02. The third-order valence-corrected chi connectivity index (χ3v) is 2.98. The van der Waals surface area contributed by atoms with Crippen LogP contribution < -0.4 is 5.32 Å².